The summed E-state index contributed by atoms with van der Waals surface area (Å²) in [6.45, 7) is 4.27. The highest BCUT2D eigenvalue weighted by molar-refractivity contribution is 5.94. The molecule has 0 aliphatic heterocycles. The number of halogens is 3. The number of carbonyl (C=O) groups excluding carboxylic acids is 2. The fourth-order valence-corrected chi connectivity index (χ4v) is 2.37. The maximum atomic E-state index is 13.9. The van der Waals surface area contributed by atoms with Crippen molar-refractivity contribution < 1.29 is 27.5 Å². The van der Waals surface area contributed by atoms with E-state index in [1.807, 2.05) is 6.92 Å². The summed E-state index contributed by atoms with van der Waals surface area (Å²) in [5, 5.41) is 0. The first-order valence-corrected chi connectivity index (χ1v) is 8.50. The molecule has 0 aliphatic rings. The van der Waals surface area contributed by atoms with Gasteiger partial charge in [0.15, 0.2) is 17.5 Å². The van der Waals surface area contributed by atoms with Crippen LogP contribution in [0, 0.1) is 17.5 Å². The van der Waals surface area contributed by atoms with Crippen LogP contribution in [-0.4, -0.2) is 36.5 Å². The summed E-state index contributed by atoms with van der Waals surface area (Å²) in [5.41, 5.74) is -0.543. The molecule has 0 aromatic heterocycles. The van der Waals surface area contributed by atoms with E-state index < -0.39 is 34.9 Å². The van der Waals surface area contributed by atoms with Crippen LogP contribution in [0.5, 0.6) is 0 Å². The smallest absolute Gasteiger partial charge is 0.307 e. The molecule has 140 valence electrons. The lowest BCUT2D eigenvalue weighted by Gasteiger charge is -2.23. The second-order valence-corrected chi connectivity index (χ2v) is 5.63. The van der Waals surface area contributed by atoms with Crippen molar-refractivity contribution in [1.82, 2.24) is 4.90 Å². The van der Waals surface area contributed by atoms with Crippen LogP contribution >= 0.6 is 0 Å². The van der Waals surface area contributed by atoms with Crippen LogP contribution in [0.1, 0.15) is 56.3 Å². The predicted molar refractivity (Wildman–Crippen MR) is 87.6 cm³/mol. The summed E-state index contributed by atoms with van der Waals surface area (Å²) in [6.07, 6.45) is 3.50. The molecular formula is C18H24F3NO3. The summed E-state index contributed by atoms with van der Waals surface area (Å²) >= 11 is 0. The van der Waals surface area contributed by atoms with Gasteiger partial charge < -0.3 is 9.64 Å². The van der Waals surface area contributed by atoms with Gasteiger partial charge in [-0.1, -0.05) is 26.2 Å². The fourth-order valence-electron chi connectivity index (χ4n) is 2.37. The molecule has 4 nitrogen and oxygen atoms in total. The van der Waals surface area contributed by atoms with E-state index in [-0.39, 0.29) is 19.6 Å². The lowest BCUT2D eigenvalue weighted by molar-refractivity contribution is -0.143. The Morgan fingerprint density at radius 3 is 2.36 bits per heavy atom. The number of unbranched alkanes of at least 4 members (excludes halogenated alkanes) is 3. The summed E-state index contributed by atoms with van der Waals surface area (Å²) in [4.78, 5) is 25.3. The monoisotopic (exact) mass is 359 g/mol. The third-order valence-corrected chi connectivity index (χ3v) is 3.73. The van der Waals surface area contributed by atoms with Crippen molar-refractivity contribution in [2.24, 2.45) is 0 Å². The highest BCUT2D eigenvalue weighted by atomic mass is 19.2. The molecule has 0 fully saturated rings. The van der Waals surface area contributed by atoms with Gasteiger partial charge in [0.1, 0.15) is 0 Å². The van der Waals surface area contributed by atoms with E-state index in [0.717, 1.165) is 25.3 Å². The van der Waals surface area contributed by atoms with E-state index in [9.17, 15) is 22.8 Å². The number of esters is 1. The van der Waals surface area contributed by atoms with Crippen LogP contribution < -0.4 is 0 Å². The predicted octanol–water partition coefficient (Wildman–Crippen LogP) is 4.08. The average molecular weight is 359 g/mol. The Kier molecular flexibility index (Phi) is 9.02. The zero-order valence-electron chi connectivity index (χ0n) is 14.6. The number of nitrogens with zero attached hydrogens (tertiary/aromatic N) is 1. The molecule has 0 N–H and O–H groups in total. The third kappa shape index (κ3) is 6.40. The zero-order valence-corrected chi connectivity index (χ0v) is 14.6. The highest BCUT2D eigenvalue weighted by Crippen LogP contribution is 2.18. The second-order valence-electron chi connectivity index (χ2n) is 5.63. The van der Waals surface area contributed by atoms with Gasteiger partial charge in [0.05, 0.1) is 18.6 Å². The molecule has 0 aliphatic carbocycles. The Morgan fingerprint density at radius 1 is 1.00 bits per heavy atom. The van der Waals surface area contributed by atoms with Crippen molar-refractivity contribution in [3.63, 3.8) is 0 Å². The number of hydrogen-bond donors (Lipinski definition) is 0. The van der Waals surface area contributed by atoms with Crippen LogP contribution in [0.3, 0.4) is 0 Å². The first-order chi connectivity index (χ1) is 11.9. The maximum absolute atomic E-state index is 13.9. The number of carbonyl (C=O) groups is 2. The average Bonchev–Trinajstić information content (AvgIpc) is 2.59. The Morgan fingerprint density at radius 2 is 1.72 bits per heavy atom. The number of benzene rings is 1. The fraction of sp³-hybridized carbons (Fsp3) is 0.556. The Bertz CT molecular complexity index is 593. The Labute approximate surface area is 146 Å². The lowest BCUT2D eigenvalue weighted by Crippen LogP contribution is -2.35. The first kappa shape index (κ1) is 21.0. The standard InChI is InChI=1S/C18H24F3NO3/c1-3-5-6-7-11-22(12-10-15(23)25-4-2)18(24)13-8-9-14(19)17(21)16(13)20/h8-9H,3-7,10-12H2,1-2H3. The van der Waals surface area contributed by atoms with Crippen LogP contribution in [-0.2, 0) is 9.53 Å². The van der Waals surface area contributed by atoms with Crippen molar-refractivity contribution in [1.29, 1.82) is 0 Å². The maximum Gasteiger partial charge on any atom is 0.307 e. The highest BCUT2D eigenvalue weighted by Gasteiger charge is 2.23. The minimum absolute atomic E-state index is 0.0300. The normalized spacial score (nSPS) is 10.6. The van der Waals surface area contributed by atoms with Crippen molar-refractivity contribution in [2.45, 2.75) is 46.0 Å². The molecule has 7 heteroatoms. The topological polar surface area (TPSA) is 46.6 Å². The molecule has 1 amide bonds. The number of ether oxygens (including phenoxy) is 1. The molecule has 0 bridgehead atoms. The van der Waals surface area contributed by atoms with E-state index in [1.54, 1.807) is 6.92 Å². The summed E-state index contributed by atoms with van der Waals surface area (Å²) in [5.74, 6) is -5.78. The van der Waals surface area contributed by atoms with Crippen LogP contribution in [0.4, 0.5) is 13.2 Å². The van der Waals surface area contributed by atoms with Crippen molar-refractivity contribution in [3.8, 4) is 0 Å². The number of hydrogen-bond acceptors (Lipinski definition) is 3. The van der Waals surface area contributed by atoms with Gasteiger partial charge >= 0.3 is 5.97 Å². The molecule has 0 atom stereocenters. The summed E-state index contributed by atoms with van der Waals surface area (Å²) in [6, 6.07) is 1.63. The SMILES string of the molecule is CCCCCCN(CCC(=O)OCC)C(=O)c1ccc(F)c(F)c1F. The molecule has 1 aromatic rings. The quantitative estimate of drug-likeness (QED) is 0.359. The molecular weight excluding hydrogens is 335 g/mol. The van der Waals surface area contributed by atoms with E-state index >= 15 is 0 Å². The van der Waals surface area contributed by atoms with Gasteiger partial charge in [-0.3, -0.25) is 9.59 Å². The Balaban J connectivity index is 2.87. The molecule has 0 saturated heterocycles. The van der Waals surface area contributed by atoms with Gasteiger partial charge in [-0.25, -0.2) is 13.2 Å². The first-order valence-electron chi connectivity index (χ1n) is 8.50. The zero-order chi connectivity index (χ0) is 18.8. The van der Waals surface area contributed by atoms with E-state index in [1.165, 1.54) is 4.90 Å². The molecule has 0 heterocycles. The van der Waals surface area contributed by atoms with E-state index in [2.05, 4.69) is 0 Å². The molecule has 0 saturated carbocycles. The molecule has 1 rings (SSSR count). The molecule has 0 spiro atoms. The number of rotatable bonds is 10. The molecule has 0 radical (unpaired) electrons. The third-order valence-electron chi connectivity index (χ3n) is 3.73. The van der Waals surface area contributed by atoms with Crippen molar-refractivity contribution in [3.05, 3.63) is 35.1 Å². The number of amides is 1. The van der Waals surface area contributed by atoms with Gasteiger partial charge in [-0.2, -0.15) is 0 Å². The minimum atomic E-state index is -1.68. The van der Waals surface area contributed by atoms with Gasteiger partial charge in [0.2, 0.25) is 0 Å². The molecule has 25 heavy (non-hydrogen) atoms. The van der Waals surface area contributed by atoms with Crippen molar-refractivity contribution in [2.75, 3.05) is 19.7 Å². The van der Waals surface area contributed by atoms with Crippen molar-refractivity contribution >= 4 is 11.9 Å². The molecule has 1 aromatic carbocycles. The Hall–Kier alpha value is -2.05. The van der Waals surface area contributed by atoms with Crippen LogP contribution in [0.25, 0.3) is 0 Å². The second kappa shape index (κ2) is 10.7. The van der Waals surface area contributed by atoms with Gasteiger partial charge in [0, 0.05) is 13.1 Å². The molecule has 0 unspecified atom stereocenters. The van der Waals surface area contributed by atoms with Crippen LogP contribution in [0.15, 0.2) is 12.1 Å². The van der Waals surface area contributed by atoms with Gasteiger partial charge in [-0.15, -0.1) is 0 Å². The largest absolute Gasteiger partial charge is 0.466 e. The van der Waals surface area contributed by atoms with Gasteiger partial charge in [0.25, 0.3) is 5.91 Å². The van der Waals surface area contributed by atoms with Gasteiger partial charge in [-0.05, 0) is 25.5 Å². The van der Waals surface area contributed by atoms with E-state index in [4.69, 9.17) is 4.74 Å². The van der Waals surface area contributed by atoms with Crippen LogP contribution in [0.2, 0.25) is 0 Å². The summed E-state index contributed by atoms with van der Waals surface area (Å²) in [7, 11) is 0. The minimum Gasteiger partial charge on any atom is -0.466 e. The van der Waals surface area contributed by atoms with E-state index in [0.29, 0.717) is 19.0 Å². The summed E-state index contributed by atoms with van der Waals surface area (Å²) < 4.78 is 45.1. The lowest BCUT2D eigenvalue weighted by atomic mass is 10.1.